The van der Waals surface area contributed by atoms with Crippen LogP contribution in [0.3, 0.4) is 0 Å². The van der Waals surface area contributed by atoms with E-state index in [-0.39, 0.29) is 12.1 Å². The monoisotopic (exact) mass is 449 g/mol. The second-order valence-corrected chi connectivity index (χ2v) is 8.45. The number of nitrogens with zero attached hydrogens (tertiary/aromatic N) is 3. The number of rotatable bonds is 4. The number of hydrazine groups is 1. The molecule has 0 bridgehead atoms. The van der Waals surface area contributed by atoms with Crippen molar-refractivity contribution < 1.29 is 28.0 Å². The Morgan fingerprint density at radius 2 is 1.69 bits per heavy atom. The highest BCUT2D eigenvalue weighted by Crippen LogP contribution is 2.33. The van der Waals surface area contributed by atoms with Gasteiger partial charge < -0.3 is 10.2 Å². The van der Waals surface area contributed by atoms with E-state index in [4.69, 9.17) is 0 Å². The van der Waals surface area contributed by atoms with Crippen LogP contribution in [-0.2, 0) is 9.59 Å². The molecular formula is C21H25F2N5O4. The highest BCUT2D eigenvalue weighted by molar-refractivity contribution is 6.08. The molecule has 11 heteroatoms. The van der Waals surface area contributed by atoms with E-state index in [2.05, 4.69) is 10.7 Å². The SMILES string of the molecule is O=C(CN1CCN(C(=O)c2ccc(F)c(F)c2)CC1)NN1C(=O)NC2(CCCCC2)C1=O. The average Bonchev–Trinajstić information content (AvgIpc) is 3.00. The first-order valence-electron chi connectivity index (χ1n) is 10.7. The number of hydrogen-bond acceptors (Lipinski definition) is 5. The summed E-state index contributed by atoms with van der Waals surface area (Å²) in [6, 6.07) is 2.40. The van der Waals surface area contributed by atoms with Crippen LogP contribution in [0.1, 0.15) is 42.5 Å². The molecule has 0 atom stereocenters. The Kier molecular flexibility index (Phi) is 6.09. The maximum absolute atomic E-state index is 13.4. The summed E-state index contributed by atoms with van der Waals surface area (Å²) in [4.78, 5) is 53.2. The van der Waals surface area contributed by atoms with Gasteiger partial charge in [-0.15, -0.1) is 0 Å². The minimum Gasteiger partial charge on any atom is -0.336 e. The molecule has 2 heterocycles. The lowest BCUT2D eigenvalue weighted by Gasteiger charge is -2.34. The lowest BCUT2D eigenvalue weighted by molar-refractivity contribution is -0.140. The lowest BCUT2D eigenvalue weighted by Crippen LogP contribution is -2.55. The van der Waals surface area contributed by atoms with Gasteiger partial charge in [0.15, 0.2) is 11.6 Å². The van der Waals surface area contributed by atoms with Crippen molar-refractivity contribution in [2.75, 3.05) is 32.7 Å². The van der Waals surface area contributed by atoms with Crippen molar-refractivity contribution in [3.63, 3.8) is 0 Å². The highest BCUT2D eigenvalue weighted by Gasteiger charge is 2.52. The Labute approximate surface area is 183 Å². The van der Waals surface area contributed by atoms with Gasteiger partial charge in [-0.3, -0.25) is 24.7 Å². The van der Waals surface area contributed by atoms with Gasteiger partial charge in [0.1, 0.15) is 5.54 Å². The van der Waals surface area contributed by atoms with E-state index >= 15 is 0 Å². The van der Waals surface area contributed by atoms with E-state index in [1.807, 2.05) is 0 Å². The summed E-state index contributed by atoms with van der Waals surface area (Å²) in [6.07, 6.45) is 3.85. The summed E-state index contributed by atoms with van der Waals surface area (Å²) in [5.41, 5.74) is 1.55. The molecule has 32 heavy (non-hydrogen) atoms. The van der Waals surface area contributed by atoms with Crippen LogP contribution in [0.15, 0.2) is 18.2 Å². The third kappa shape index (κ3) is 4.29. The van der Waals surface area contributed by atoms with Gasteiger partial charge in [0, 0.05) is 31.7 Å². The van der Waals surface area contributed by atoms with Gasteiger partial charge in [0.2, 0.25) is 0 Å². The van der Waals surface area contributed by atoms with Crippen LogP contribution in [0.4, 0.5) is 13.6 Å². The van der Waals surface area contributed by atoms with Crippen LogP contribution in [0, 0.1) is 11.6 Å². The molecule has 2 N–H and O–H groups in total. The largest absolute Gasteiger partial charge is 0.344 e. The van der Waals surface area contributed by atoms with Crippen molar-refractivity contribution in [2.45, 2.75) is 37.6 Å². The maximum Gasteiger partial charge on any atom is 0.344 e. The normalized spacial score (nSPS) is 21.1. The molecule has 2 saturated heterocycles. The molecule has 5 amide bonds. The van der Waals surface area contributed by atoms with E-state index in [0.29, 0.717) is 39.0 Å². The zero-order valence-electron chi connectivity index (χ0n) is 17.5. The first kappa shape index (κ1) is 22.1. The van der Waals surface area contributed by atoms with Crippen LogP contribution in [0.2, 0.25) is 0 Å². The molecule has 2 aliphatic heterocycles. The molecule has 1 saturated carbocycles. The number of imide groups is 1. The first-order chi connectivity index (χ1) is 15.3. The second kappa shape index (κ2) is 8.81. The summed E-state index contributed by atoms with van der Waals surface area (Å²) in [5, 5.41) is 3.51. The van der Waals surface area contributed by atoms with E-state index in [1.165, 1.54) is 11.0 Å². The molecule has 1 aliphatic carbocycles. The van der Waals surface area contributed by atoms with E-state index in [1.54, 1.807) is 4.90 Å². The number of nitrogens with one attached hydrogen (secondary N) is 2. The number of amides is 5. The summed E-state index contributed by atoms with van der Waals surface area (Å²) in [7, 11) is 0. The fraction of sp³-hybridized carbons (Fsp3) is 0.524. The molecular weight excluding hydrogens is 424 g/mol. The number of halogens is 2. The molecule has 0 unspecified atom stereocenters. The molecule has 0 radical (unpaired) electrons. The van der Waals surface area contributed by atoms with E-state index in [9.17, 15) is 28.0 Å². The van der Waals surface area contributed by atoms with Gasteiger partial charge in [-0.1, -0.05) is 19.3 Å². The van der Waals surface area contributed by atoms with Gasteiger partial charge in [-0.05, 0) is 31.0 Å². The fourth-order valence-corrected chi connectivity index (χ4v) is 4.50. The van der Waals surface area contributed by atoms with Crippen LogP contribution in [-0.4, -0.2) is 76.8 Å². The van der Waals surface area contributed by atoms with Gasteiger partial charge in [0.05, 0.1) is 6.54 Å². The van der Waals surface area contributed by atoms with E-state index in [0.717, 1.165) is 36.4 Å². The summed E-state index contributed by atoms with van der Waals surface area (Å²) < 4.78 is 26.5. The Hall–Kier alpha value is -3.08. The van der Waals surface area contributed by atoms with Crippen LogP contribution < -0.4 is 10.7 Å². The van der Waals surface area contributed by atoms with Crippen molar-refractivity contribution in [1.29, 1.82) is 0 Å². The lowest BCUT2D eigenvalue weighted by atomic mass is 9.82. The van der Waals surface area contributed by atoms with Crippen molar-refractivity contribution in [3.8, 4) is 0 Å². The summed E-state index contributed by atoms with van der Waals surface area (Å²) >= 11 is 0. The van der Waals surface area contributed by atoms with Gasteiger partial charge in [-0.25, -0.2) is 13.6 Å². The smallest absolute Gasteiger partial charge is 0.336 e. The minimum atomic E-state index is -1.08. The second-order valence-electron chi connectivity index (χ2n) is 8.45. The minimum absolute atomic E-state index is 0.0444. The fourth-order valence-electron chi connectivity index (χ4n) is 4.50. The van der Waals surface area contributed by atoms with Crippen molar-refractivity contribution in [1.82, 2.24) is 25.6 Å². The molecule has 3 aliphatic rings. The third-order valence-corrected chi connectivity index (χ3v) is 6.30. The molecule has 172 valence electrons. The highest BCUT2D eigenvalue weighted by atomic mass is 19.2. The maximum atomic E-state index is 13.4. The summed E-state index contributed by atoms with van der Waals surface area (Å²) in [6.45, 7) is 1.33. The number of benzene rings is 1. The standard InChI is InChI=1S/C21H25F2N5O4/c22-15-5-4-14(12-16(15)23)18(30)27-10-8-26(9-11-27)13-17(29)25-28-19(31)21(24-20(28)32)6-2-1-3-7-21/h4-5,12H,1-3,6-11,13H2,(H,24,32)(H,25,29). The van der Waals surface area contributed by atoms with Crippen molar-refractivity contribution >= 4 is 23.8 Å². The topological polar surface area (TPSA) is 102 Å². The zero-order chi connectivity index (χ0) is 22.9. The molecule has 4 rings (SSSR count). The first-order valence-corrected chi connectivity index (χ1v) is 10.7. The molecule has 9 nitrogen and oxygen atoms in total. The van der Waals surface area contributed by atoms with Gasteiger partial charge in [-0.2, -0.15) is 5.01 Å². The Balaban J connectivity index is 1.27. The Morgan fingerprint density at radius 1 is 1.00 bits per heavy atom. The van der Waals surface area contributed by atoms with Crippen LogP contribution >= 0.6 is 0 Å². The van der Waals surface area contributed by atoms with Gasteiger partial charge >= 0.3 is 6.03 Å². The number of piperazine rings is 1. The molecule has 1 aromatic carbocycles. The number of carbonyl (C=O) groups excluding carboxylic acids is 4. The molecule has 3 fully saturated rings. The van der Waals surface area contributed by atoms with Crippen LogP contribution in [0.25, 0.3) is 0 Å². The molecule has 1 aromatic rings. The predicted octanol–water partition coefficient (Wildman–Crippen LogP) is 1.01. The van der Waals surface area contributed by atoms with Crippen LogP contribution in [0.5, 0.6) is 0 Å². The third-order valence-electron chi connectivity index (χ3n) is 6.30. The predicted molar refractivity (Wildman–Crippen MR) is 108 cm³/mol. The number of hydrogen-bond donors (Lipinski definition) is 2. The number of urea groups is 1. The Morgan fingerprint density at radius 3 is 2.34 bits per heavy atom. The average molecular weight is 449 g/mol. The molecule has 0 aromatic heterocycles. The van der Waals surface area contributed by atoms with Gasteiger partial charge in [0.25, 0.3) is 17.7 Å². The summed E-state index contributed by atoms with van der Waals surface area (Å²) in [5.74, 6) is -3.43. The van der Waals surface area contributed by atoms with Crippen molar-refractivity contribution in [3.05, 3.63) is 35.4 Å². The Bertz CT molecular complexity index is 942. The number of carbonyl (C=O) groups is 4. The zero-order valence-corrected chi connectivity index (χ0v) is 17.5. The van der Waals surface area contributed by atoms with E-state index < -0.39 is 40.9 Å². The van der Waals surface area contributed by atoms with Crippen molar-refractivity contribution in [2.24, 2.45) is 0 Å². The molecule has 1 spiro atoms. The quantitative estimate of drug-likeness (QED) is 0.668.